The predicted molar refractivity (Wildman–Crippen MR) is 64.3 cm³/mol. The number of hydrogen-bond donors (Lipinski definition) is 1. The van der Waals surface area contributed by atoms with Gasteiger partial charge in [0.15, 0.2) is 0 Å². The summed E-state index contributed by atoms with van der Waals surface area (Å²) in [6.07, 6.45) is -3.84. The number of ether oxygens (including phenoxy) is 1. The third-order valence-corrected chi connectivity index (χ3v) is 2.55. The largest absolute Gasteiger partial charge is 0.411 e. The molecule has 0 amide bonds. The molecule has 0 heterocycles. The zero-order chi connectivity index (χ0) is 14.3. The Hall–Kier alpha value is -1.14. The smallest absolute Gasteiger partial charge is 0.372 e. The maximum atomic E-state index is 13.4. The molecule has 1 aromatic carbocycles. The molecule has 0 radical (unpaired) electrons. The molecule has 0 aliphatic rings. The van der Waals surface area contributed by atoms with Crippen LogP contribution in [0.3, 0.4) is 0 Å². The van der Waals surface area contributed by atoms with Gasteiger partial charge in [0, 0.05) is 18.2 Å². The van der Waals surface area contributed by atoms with Gasteiger partial charge in [-0.1, -0.05) is 18.2 Å². The molecule has 0 spiro atoms. The zero-order valence-corrected chi connectivity index (χ0v) is 10.6. The standard InChI is InChI=1S/C13H17F4NO/c1-10(11-5-2-3-6-12(11)14)18-7-4-8-19-9-13(15,16)17/h2-3,5-6,10,18H,4,7-9H2,1H3/t10-/m1/s1. The van der Waals surface area contributed by atoms with Crippen LogP contribution >= 0.6 is 0 Å². The molecule has 1 aromatic rings. The summed E-state index contributed by atoms with van der Waals surface area (Å²) in [5.74, 6) is -0.296. The summed E-state index contributed by atoms with van der Waals surface area (Å²) in [6.45, 7) is 1.06. The molecular weight excluding hydrogens is 262 g/mol. The van der Waals surface area contributed by atoms with Crippen LogP contribution in [0.1, 0.15) is 24.9 Å². The van der Waals surface area contributed by atoms with Crippen LogP contribution < -0.4 is 5.32 Å². The first-order valence-corrected chi connectivity index (χ1v) is 6.02. The molecule has 6 heteroatoms. The van der Waals surface area contributed by atoms with Gasteiger partial charge in [-0.2, -0.15) is 13.2 Å². The van der Waals surface area contributed by atoms with Crippen LogP contribution in [-0.4, -0.2) is 25.9 Å². The van der Waals surface area contributed by atoms with Crippen LogP contribution in [0, 0.1) is 5.82 Å². The molecular formula is C13H17F4NO. The van der Waals surface area contributed by atoms with Crippen molar-refractivity contribution in [3.8, 4) is 0 Å². The molecule has 0 aliphatic heterocycles. The first kappa shape index (κ1) is 15.9. The van der Waals surface area contributed by atoms with Crippen molar-refractivity contribution < 1.29 is 22.3 Å². The Kier molecular flexibility index (Phi) is 6.24. The number of hydrogen-bond acceptors (Lipinski definition) is 2. The Morgan fingerprint density at radius 3 is 2.58 bits per heavy atom. The number of nitrogens with one attached hydrogen (secondary N) is 1. The first-order valence-electron chi connectivity index (χ1n) is 6.02. The Morgan fingerprint density at radius 1 is 1.26 bits per heavy atom. The number of halogens is 4. The topological polar surface area (TPSA) is 21.3 Å². The number of alkyl halides is 3. The second-order valence-electron chi connectivity index (χ2n) is 4.22. The van der Waals surface area contributed by atoms with Crippen molar-refractivity contribution in [2.24, 2.45) is 0 Å². The van der Waals surface area contributed by atoms with E-state index in [1.165, 1.54) is 6.07 Å². The van der Waals surface area contributed by atoms with Gasteiger partial charge in [-0.15, -0.1) is 0 Å². The van der Waals surface area contributed by atoms with Crippen LogP contribution in [0.25, 0.3) is 0 Å². The van der Waals surface area contributed by atoms with Crippen LogP contribution in [0.2, 0.25) is 0 Å². The zero-order valence-electron chi connectivity index (χ0n) is 10.6. The second kappa shape index (κ2) is 7.45. The van der Waals surface area contributed by atoms with Gasteiger partial charge in [0.1, 0.15) is 12.4 Å². The lowest BCUT2D eigenvalue weighted by molar-refractivity contribution is -0.173. The SMILES string of the molecule is C[C@@H](NCCCOCC(F)(F)F)c1ccccc1F. The minimum absolute atomic E-state index is 0.0243. The Labute approximate surface area is 109 Å². The number of rotatable bonds is 7. The highest BCUT2D eigenvalue weighted by Crippen LogP contribution is 2.16. The average molecular weight is 279 g/mol. The van der Waals surface area contributed by atoms with Crippen molar-refractivity contribution in [3.05, 3.63) is 35.6 Å². The van der Waals surface area contributed by atoms with E-state index in [2.05, 4.69) is 10.1 Å². The van der Waals surface area contributed by atoms with Crippen LogP contribution in [0.4, 0.5) is 17.6 Å². The minimum atomic E-state index is -4.28. The highest BCUT2D eigenvalue weighted by molar-refractivity contribution is 5.20. The van der Waals surface area contributed by atoms with Crippen LogP contribution in [0.15, 0.2) is 24.3 Å². The summed E-state index contributed by atoms with van der Waals surface area (Å²) in [5.41, 5.74) is 0.540. The summed E-state index contributed by atoms with van der Waals surface area (Å²) in [7, 11) is 0. The summed E-state index contributed by atoms with van der Waals surface area (Å²) in [6, 6.07) is 6.20. The molecule has 0 saturated carbocycles. The maximum absolute atomic E-state index is 13.4. The van der Waals surface area contributed by atoms with Crippen molar-refractivity contribution in [1.82, 2.24) is 5.32 Å². The van der Waals surface area contributed by atoms with Crippen molar-refractivity contribution in [1.29, 1.82) is 0 Å². The van der Waals surface area contributed by atoms with E-state index in [1.807, 2.05) is 0 Å². The van der Waals surface area contributed by atoms with Gasteiger partial charge < -0.3 is 10.1 Å². The molecule has 1 atom stereocenters. The quantitative estimate of drug-likeness (QED) is 0.610. The van der Waals surface area contributed by atoms with E-state index >= 15 is 0 Å². The Morgan fingerprint density at radius 2 is 1.95 bits per heavy atom. The lowest BCUT2D eigenvalue weighted by Gasteiger charge is -2.15. The average Bonchev–Trinajstić information content (AvgIpc) is 2.32. The van der Waals surface area contributed by atoms with Gasteiger partial charge in [-0.3, -0.25) is 0 Å². The van der Waals surface area contributed by atoms with Crippen molar-refractivity contribution in [3.63, 3.8) is 0 Å². The summed E-state index contributed by atoms with van der Waals surface area (Å²) < 4.78 is 53.2. The molecule has 0 bridgehead atoms. The fourth-order valence-corrected chi connectivity index (χ4v) is 1.62. The normalized spacial score (nSPS) is 13.5. The van der Waals surface area contributed by atoms with E-state index < -0.39 is 12.8 Å². The van der Waals surface area contributed by atoms with E-state index in [0.29, 0.717) is 18.5 Å². The monoisotopic (exact) mass is 279 g/mol. The molecule has 19 heavy (non-hydrogen) atoms. The predicted octanol–water partition coefficient (Wildman–Crippen LogP) is 3.45. The third-order valence-electron chi connectivity index (χ3n) is 2.55. The maximum Gasteiger partial charge on any atom is 0.411 e. The molecule has 1 rings (SSSR count). The van der Waals surface area contributed by atoms with Gasteiger partial charge in [-0.05, 0) is 26.0 Å². The first-order chi connectivity index (χ1) is 8.90. The van der Waals surface area contributed by atoms with Gasteiger partial charge >= 0.3 is 6.18 Å². The van der Waals surface area contributed by atoms with E-state index in [0.717, 1.165) is 0 Å². The molecule has 0 fully saturated rings. The molecule has 0 saturated heterocycles. The molecule has 0 unspecified atom stereocenters. The van der Waals surface area contributed by atoms with Gasteiger partial charge in [0.2, 0.25) is 0 Å². The Bertz CT molecular complexity index is 381. The minimum Gasteiger partial charge on any atom is -0.372 e. The number of benzene rings is 1. The second-order valence-corrected chi connectivity index (χ2v) is 4.22. The highest BCUT2D eigenvalue weighted by Gasteiger charge is 2.27. The molecule has 108 valence electrons. The van der Waals surface area contributed by atoms with Gasteiger partial charge in [0.05, 0.1) is 0 Å². The lowest BCUT2D eigenvalue weighted by atomic mass is 10.1. The van der Waals surface area contributed by atoms with Crippen molar-refractivity contribution >= 4 is 0 Å². The van der Waals surface area contributed by atoms with E-state index in [1.54, 1.807) is 25.1 Å². The molecule has 1 N–H and O–H groups in total. The van der Waals surface area contributed by atoms with Crippen molar-refractivity contribution in [2.75, 3.05) is 19.8 Å². The van der Waals surface area contributed by atoms with E-state index in [4.69, 9.17) is 0 Å². The Balaban J connectivity index is 2.18. The van der Waals surface area contributed by atoms with E-state index in [9.17, 15) is 17.6 Å². The van der Waals surface area contributed by atoms with E-state index in [-0.39, 0.29) is 18.5 Å². The lowest BCUT2D eigenvalue weighted by Crippen LogP contribution is -2.23. The van der Waals surface area contributed by atoms with Gasteiger partial charge in [-0.25, -0.2) is 4.39 Å². The molecule has 2 nitrogen and oxygen atoms in total. The molecule has 0 aromatic heterocycles. The summed E-state index contributed by atoms with van der Waals surface area (Å²) in [4.78, 5) is 0. The fraction of sp³-hybridized carbons (Fsp3) is 0.538. The third kappa shape index (κ3) is 6.54. The summed E-state index contributed by atoms with van der Waals surface area (Å²) >= 11 is 0. The highest BCUT2D eigenvalue weighted by atomic mass is 19.4. The van der Waals surface area contributed by atoms with Crippen LogP contribution in [0.5, 0.6) is 0 Å². The molecule has 0 aliphatic carbocycles. The van der Waals surface area contributed by atoms with Crippen molar-refractivity contribution in [2.45, 2.75) is 25.6 Å². The van der Waals surface area contributed by atoms with Gasteiger partial charge in [0.25, 0.3) is 0 Å². The summed E-state index contributed by atoms with van der Waals surface area (Å²) in [5, 5.41) is 3.04. The van der Waals surface area contributed by atoms with Crippen LogP contribution in [-0.2, 0) is 4.74 Å². The fourth-order valence-electron chi connectivity index (χ4n) is 1.62.